The van der Waals surface area contributed by atoms with Crippen LogP contribution in [0.25, 0.3) is 0 Å². The summed E-state index contributed by atoms with van der Waals surface area (Å²) in [5.41, 5.74) is 0.950. The van der Waals surface area contributed by atoms with Gasteiger partial charge in [0, 0.05) is 18.8 Å². The summed E-state index contributed by atoms with van der Waals surface area (Å²) in [4.78, 5) is 21.1. The number of likely N-dealkylation sites (tertiary alicyclic amines) is 1. The van der Waals surface area contributed by atoms with Gasteiger partial charge in [0.05, 0.1) is 12.5 Å². The quantitative estimate of drug-likeness (QED) is 0.844. The van der Waals surface area contributed by atoms with Gasteiger partial charge in [0.15, 0.2) is 5.82 Å². The zero-order chi connectivity index (χ0) is 16.9. The Kier molecular flexibility index (Phi) is 5.25. The number of hydrogen-bond acceptors (Lipinski definition) is 5. The highest BCUT2D eigenvalue weighted by atomic mass is 16.5. The van der Waals surface area contributed by atoms with E-state index in [-0.39, 0.29) is 11.8 Å². The van der Waals surface area contributed by atoms with Crippen LogP contribution in [0, 0.1) is 6.92 Å². The zero-order valence-corrected chi connectivity index (χ0v) is 14.3. The number of para-hydroxylation sites is 1. The lowest BCUT2D eigenvalue weighted by atomic mass is 9.98. The van der Waals surface area contributed by atoms with E-state index >= 15 is 0 Å². The second-order valence-electron chi connectivity index (χ2n) is 6.23. The number of nitrogens with zero attached hydrogens (tertiary/aromatic N) is 4. The molecule has 2 aromatic rings. The molecule has 0 N–H and O–H groups in total. The highest BCUT2D eigenvalue weighted by Gasteiger charge is 2.27. The first-order chi connectivity index (χ1) is 11.7. The fourth-order valence-electron chi connectivity index (χ4n) is 3.27. The van der Waals surface area contributed by atoms with Crippen LogP contribution >= 0.6 is 0 Å². The molecule has 0 bridgehead atoms. The van der Waals surface area contributed by atoms with Gasteiger partial charge in [-0.05, 0) is 45.4 Å². The van der Waals surface area contributed by atoms with Crippen LogP contribution in [0.1, 0.15) is 37.4 Å². The van der Waals surface area contributed by atoms with Crippen molar-refractivity contribution in [3.8, 4) is 0 Å². The molecule has 6 heteroatoms. The van der Waals surface area contributed by atoms with E-state index in [1.165, 1.54) is 0 Å². The Balaban J connectivity index is 1.63. The SMILES string of the molecule is CCN(C(=O)CN1CCCC(c2nc(C)no2)C1)c1ccccc1. The number of anilines is 1. The van der Waals surface area contributed by atoms with Crippen LogP contribution in [0.3, 0.4) is 0 Å². The first-order valence-corrected chi connectivity index (χ1v) is 8.55. The number of rotatable bonds is 5. The van der Waals surface area contributed by atoms with Crippen molar-refractivity contribution < 1.29 is 9.32 Å². The number of carbonyl (C=O) groups excluding carboxylic acids is 1. The maximum absolute atomic E-state index is 12.7. The predicted molar refractivity (Wildman–Crippen MR) is 91.9 cm³/mol. The predicted octanol–water partition coefficient (Wildman–Crippen LogP) is 2.61. The van der Waals surface area contributed by atoms with Gasteiger partial charge in [0.25, 0.3) is 0 Å². The van der Waals surface area contributed by atoms with Crippen LogP contribution in [0.15, 0.2) is 34.9 Å². The highest BCUT2D eigenvalue weighted by molar-refractivity contribution is 5.94. The summed E-state index contributed by atoms with van der Waals surface area (Å²) in [5, 5.41) is 3.88. The Morgan fingerprint density at radius 1 is 1.38 bits per heavy atom. The lowest BCUT2D eigenvalue weighted by Crippen LogP contribution is -2.44. The van der Waals surface area contributed by atoms with Crippen molar-refractivity contribution in [1.29, 1.82) is 0 Å². The maximum atomic E-state index is 12.7. The third-order valence-electron chi connectivity index (χ3n) is 4.44. The fourth-order valence-corrected chi connectivity index (χ4v) is 3.27. The molecule has 0 spiro atoms. The Bertz CT molecular complexity index is 671. The molecule has 128 valence electrons. The molecule has 0 saturated carbocycles. The van der Waals surface area contributed by atoms with E-state index in [1.807, 2.05) is 49.1 Å². The van der Waals surface area contributed by atoms with Crippen molar-refractivity contribution in [1.82, 2.24) is 15.0 Å². The summed E-state index contributed by atoms with van der Waals surface area (Å²) in [7, 11) is 0. The van der Waals surface area contributed by atoms with E-state index in [1.54, 1.807) is 0 Å². The molecule has 0 aliphatic carbocycles. The summed E-state index contributed by atoms with van der Waals surface area (Å²) >= 11 is 0. The molecule has 6 nitrogen and oxygen atoms in total. The molecule has 0 radical (unpaired) electrons. The largest absolute Gasteiger partial charge is 0.339 e. The minimum Gasteiger partial charge on any atom is -0.339 e. The number of hydrogen-bond donors (Lipinski definition) is 0. The first kappa shape index (κ1) is 16.6. The van der Waals surface area contributed by atoms with Crippen molar-refractivity contribution in [2.75, 3.05) is 31.1 Å². The van der Waals surface area contributed by atoms with Crippen molar-refractivity contribution in [2.45, 2.75) is 32.6 Å². The molecule has 1 aliphatic heterocycles. The van der Waals surface area contributed by atoms with E-state index in [0.29, 0.717) is 24.8 Å². The van der Waals surface area contributed by atoms with Crippen molar-refractivity contribution >= 4 is 11.6 Å². The van der Waals surface area contributed by atoms with Gasteiger partial charge in [0.1, 0.15) is 0 Å². The van der Waals surface area contributed by atoms with Gasteiger partial charge in [-0.15, -0.1) is 0 Å². The second kappa shape index (κ2) is 7.57. The average Bonchev–Trinajstić information content (AvgIpc) is 3.03. The van der Waals surface area contributed by atoms with Gasteiger partial charge in [-0.1, -0.05) is 23.4 Å². The summed E-state index contributed by atoms with van der Waals surface area (Å²) < 4.78 is 5.31. The Morgan fingerprint density at radius 2 is 2.17 bits per heavy atom. The van der Waals surface area contributed by atoms with Crippen LogP contribution in [0.2, 0.25) is 0 Å². The molecule has 1 fully saturated rings. The standard InChI is InChI=1S/C18H24N4O2/c1-3-22(16-9-5-4-6-10-16)17(23)13-21-11-7-8-15(12-21)18-19-14(2)20-24-18/h4-6,9-10,15H,3,7-8,11-13H2,1-2H3. The van der Waals surface area contributed by atoms with E-state index in [2.05, 4.69) is 15.0 Å². The molecule has 24 heavy (non-hydrogen) atoms. The molecule has 1 amide bonds. The molecule has 1 unspecified atom stereocenters. The molecule has 1 aromatic heterocycles. The van der Waals surface area contributed by atoms with Crippen molar-refractivity contribution in [3.63, 3.8) is 0 Å². The van der Waals surface area contributed by atoms with Gasteiger partial charge < -0.3 is 9.42 Å². The minimum atomic E-state index is 0.131. The number of amides is 1. The van der Waals surface area contributed by atoms with Gasteiger partial charge in [0.2, 0.25) is 11.8 Å². The normalized spacial score (nSPS) is 18.5. The number of aryl methyl sites for hydroxylation is 1. The lowest BCUT2D eigenvalue weighted by Gasteiger charge is -2.32. The van der Waals surface area contributed by atoms with E-state index < -0.39 is 0 Å². The van der Waals surface area contributed by atoms with Gasteiger partial charge in [-0.2, -0.15) is 4.98 Å². The number of likely N-dealkylation sites (N-methyl/N-ethyl adjacent to an activating group) is 1. The minimum absolute atomic E-state index is 0.131. The summed E-state index contributed by atoms with van der Waals surface area (Å²) in [6, 6.07) is 9.83. The number of carbonyl (C=O) groups is 1. The summed E-state index contributed by atoms with van der Waals surface area (Å²) in [6.45, 7) is 6.65. The van der Waals surface area contributed by atoms with Crippen molar-refractivity contribution in [3.05, 3.63) is 42.0 Å². The molecule has 2 heterocycles. The molecular weight excluding hydrogens is 304 g/mol. The maximum Gasteiger partial charge on any atom is 0.241 e. The Morgan fingerprint density at radius 3 is 2.83 bits per heavy atom. The van der Waals surface area contributed by atoms with E-state index in [9.17, 15) is 4.79 Å². The van der Waals surface area contributed by atoms with E-state index in [0.717, 1.165) is 31.6 Å². The number of aromatic nitrogens is 2. The second-order valence-corrected chi connectivity index (χ2v) is 6.23. The lowest BCUT2D eigenvalue weighted by molar-refractivity contribution is -0.120. The van der Waals surface area contributed by atoms with Gasteiger partial charge in [-0.25, -0.2) is 0 Å². The third kappa shape index (κ3) is 3.82. The van der Waals surface area contributed by atoms with Crippen LogP contribution in [-0.2, 0) is 4.79 Å². The molecule has 1 aliphatic rings. The van der Waals surface area contributed by atoms with Crippen LogP contribution in [0.4, 0.5) is 5.69 Å². The highest BCUT2D eigenvalue weighted by Crippen LogP contribution is 2.25. The summed E-state index contributed by atoms with van der Waals surface area (Å²) in [5.74, 6) is 1.71. The Hall–Kier alpha value is -2.21. The zero-order valence-electron chi connectivity index (χ0n) is 14.3. The summed E-state index contributed by atoms with van der Waals surface area (Å²) in [6.07, 6.45) is 2.07. The van der Waals surface area contributed by atoms with Crippen LogP contribution in [0.5, 0.6) is 0 Å². The topological polar surface area (TPSA) is 62.5 Å². The van der Waals surface area contributed by atoms with Gasteiger partial charge >= 0.3 is 0 Å². The van der Waals surface area contributed by atoms with Crippen LogP contribution < -0.4 is 4.90 Å². The molecule has 1 atom stereocenters. The fraction of sp³-hybridized carbons (Fsp3) is 0.500. The third-order valence-corrected chi connectivity index (χ3v) is 4.44. The van der Waals surface area contributed by atoms with Crippen molar-refractivity contribution in [2.24, 2.45) is 0 Å². The monoisotopic (exact) mass is 328 g/mol. The molecular formula is C18H24N4O2. The van der Waals surface area contributed by atoms with Gasteiger partial charge in [-0.3, -0.25) is 9.69 Å². The molecule has 1 saturated heterocycles. The number of piperidine rings is 1. The number of benzene rings is 1. The van der Waals surface area contributed by atoms with Crippen LogP contribution in [-0.4, -0.2) is 47.1 Å². The molecule has 1 aromatic carbocycles. The average molecular weight is 328 g/mol. The molecule has 3 rings (SSSR count). The first-order valence-electron chi connectivity index (χ1n) is 8.55. The smallest absolute Gasteiger partial charge is 0.241 e. The van der Waals surface area contributed by atoms with E-state index in [4.69, 9.17) is 4.52 Å². The Labute approximate surface area is 142 Å².